The van der Waals surface area contributed by atoms with Gasteiger partial charge in [-0.15, -0.1) is 11.8 Å². The van der Waals surface area contributed by atoms with Crippen molar-refractivity contribution in [2.45, 2.75) is 23.8 Å². The first kappa shape index (κ1) is 13.0. The second-order valence-electron chi connectivity index (χ2n) is 4.61. The van der Waals surface area contributed by atoms with Gasteiger partial charge in [-0.3, -0.25) is 0 Å². The van der Waals surface area contributed by atoms with Crippen molar-refractivity contribution in [3.8, 4) is 0 Å². The van der Waals surface area contributed by atoms with Gasteiger partial charge in [-0.05, 0) is 35.9 Å². The fourth-order valence-corrected chi connectivity index (χ4v) is 3.66. The van der Waals surface area contributed by atoms with Crippen LogP contribution in [0.4, 0.5) is 0 Å². The van der Waals surface area contributed by atoms with Crippen LogP contribution in [0, 0.1) is 0 Å². The summed E-state index contributed by atoms with van der Waals surface area (Å²) in [7, 11) is 0. The minimum atomic E-state index is 0.407. The van der Waals surface area contributed by atoms with Gasteiger partial charge in [-0.2, -0.15) is 0 Å². The molecule has 0 saturated carbocycles. The summed E-state index contributed by atoms with van der Waals surface area (Å²) in [5.74, 6) is 2.19. The lowest BCUT2D eigenvalue weighted by molar-refractivity contribution is 0.510. The van der Waals surface area contributed by atoms with E-state index in [1.807, 2.05) is 24.0 Å². The van der Waals surface area contributed by atoms with E-state index in [0.29, 0.717) is 6.04 Å². The molecule has 3 nitrogen and oxygen atoms in total. The molecular formula is C14H16ClN3S. The molecule has 2 heterocycles. The summed E-state index contributed by atoms with van der Waals surface area (Å²) in [6.07, 6.45) is 5.73. The molecule has 19 heavy (non-hydrogen) atoms. The van der Waals surface area contributed by atoms with Gasteiger partial charge in [-0.1, -0.05) is 11.6 Å². The van der Waals surface area contributed by atoms with Crippen molar-refractivity contribution >= 4 is 23.4 Å². The van der Waals surface area contributed by atoms with Crippen molar-refractivity contribution in [2.24, 2.45) is 0 Å². The highest BCUT2D eigenvalue weighted by Gasteiger charge is 2.20. The second-order valence-corrected chi connectivity index (χ2v) is 6.19. The van der Waals surface area contributed by atoms with Gasteiger partial charge < -0.3 is 10.3 Å². The first-order valence-electron chi connectivity index (χ1n) is 6.47. The molecular weight excluding hydrogens is 278 g/mol. The number of rotatable bonds is 4. The van der Waals surface area contributed by atoms with Crippen LogP contribution in [0.1, 0.15) is 23.9 Å². The Morgan fingerprint density at radius 1 is 1.47 bits per heavy atom. The number of hydrogen-bond acceptors (Lipinski definition) is 3. The van der Waals surface area contributed by atoms with E-state index in [1.165, 1.54) is 10.5 Å². The zero-order valence-electron chi connectivity index (χ0n) is 10.5. The summed E-state index contributed by atoms with van der Waals surface area (Å²) in [6, 6.07) is 6.60. The van der Waals surface area contributed by atoms with Crippen molar-refractivity contribution in [2.75, 3.05) is 12.3 Å². The van der Waals surface area contributed by atoms with E-state index in [1.54, 1.807) is 6.20 Å². The lowest BCUT2D eigenvalue weighted by atomic mass is 10.0. The van der Waals surface area contributed by atoms with E-state index in [9.17, 15) is 0 Å². The van der Waals surface area contributed by atoms with E-state index in [0.717, 1.165) is 36.0 Å². The van der Waals surface area contributed by atoms with Crippen LogP contribution in [0.25, 0.3) is 0 Å². The first-order chi connectivity index (χ1) is 9.33. The number of H-pyrrole nitrogens is 1. The number of nitrogens with one attached hydrogen (secondary N) is 2. The molecule has 100 valence electrons. The Labute approximate surface area is 122 Å². The van der Waals surface area contributed by atoms with Crippen LogP contribution in [0.15, 0.2) is 35.5 Å². The van der Waals surface area contributed by atoms with Crippen LogP contribution in [0.3, 0.4) is 0 Å². The molecule has 0 aliphatic carbocycles. The average Bonchev–Trinajstić information content (AvgIpc) is 2.92. The molecule has 2 N–H and O–H groups in total. The lowest BCUT2D eigenvalue weighted by Gasteiger charge is -2.26. The normalized spacial score (nSPS) is 18.3. The van der Waals surface area contributed by atoms with Crippen molar-refractivity contribution in [1.29, 1.82) is 0 Å². The molecule has 0 radical (unpaired) electrons. The summed E-state index contributed by atoms with van der Waals surface area (Å²) < 4.78 is 0. The number of benzene rings is 1. The van der Waals surface area contributed by atoms with Crippen LogP contribution in [-0.2, 0) is 6.42 Å². The molecule has 0 spiro atoms. The molecule has 2 aromatic rings. The number of thioether (sulfide) groups is 1. The maximum atomic E-state index is 6.11. The minimum absolute atomic E-state index is 0.407. The van der Waals surface area contributed by atoms with Crippen molar-refractivity contribution in [3.05, 3.63) is 47.0 Å². The van der Waals surface area contributed by atoms with Crippen molar-refractivity contribution in [3.63, 3.8) is 0 Å². The molecule has 1 aliphatic heterocycles. The van der Waals surface area contributed by atoms with Crippen LogP contribution < -0.4 is 5.32 Å². The Morgan fingerprint density at radius 2 is 2.42 bits per heavy atom. The van der Waals surface area contributed by atoms with E-state index in [4.69, 9.17) is 11.6 Å². The molecule has 0 fully saturated rings. The first-order valence-corrected chi connectivity index (χ1v) is 7.83. The number of hydrogen-bond donors (Lipinski definition) is 2. The Kier molecular flexibility index (Phi) is 4.11. The Morgan fingerprint density at radius 3 is 3.26 bits per heavy atom. The molecule has 1 atom stereocenters. The summed E-state index contributed by atoms with van der Waals surface area (Å²) in [5.41, 5.74) is 1.34. The van der Waals surface area contributed by atoms with Crippen LogP contribution in [0.5, 0.6) is 0 Å². The van der Waals surface area contributed by atoms with Crippen molar-refractivity contribution < 1.29 is 0 Å². The average molecular weight is 294 g/mol. The number of aromatic nitrogens is 2. The number of nitrogens with zero attached hydrogens (tertiary/aromatic N) is 1. The van der Waals surface area contributed by atoms with Gasteiger partial charge in [0.2, 0.25) is 0 Å². The van der Waals surface area contributed by atoms with Gasteiger partial charge in [0, 0.05) is 41.3 Å². The zero-order chi connectivity index (χ0) is 13.1. The smallest absolute Gasteiger partial charge is 0.107 e. The predicted octanol–water partition coefficient (Wildman–Crippen LogP) is 3.43. The van der Waals surface area contributed by atoms with Crippen LogP contribution in [0.2, 0.25) is 5.02 Å². The van der Waals surface area contributed by atoms with Crippen LogP contribution in [-0.4, -0.2) is 22.3 Å². The molecule has 3 rings (SSSR count). The third-order valence-corrected chi connectivity index (χ3v) is 4.68. The Balaban J connectivity index is 1.64. The highest BCUT2D eigenvalue weighted by atomic mass is 35.5. The second kappa shape index (κ2) is 5.99. The van der Waals surface area contributed by atoms with E-state index in [-0.39, 0.29) is 0 Å². The largest absolute Gasteiger partial charge is 0.349 e. The molecule has 0 bridgehead atoms. The molecule has 1 aromatic heterocycles. The summed E-state index contributed by atoms with van der Waals surface area (Å²) >= 11 is 8.02. The van der Waals surface area contributed by atoms with Gasteiger partial charge in [-0.25, -0.2) is 4.98 Å². The van der Waals surface area contributed by atoms with E-state index in [2.05, 4.69) is 27.4 Å². The fourth-order valence-electron chi connectivity index (χ4n) is 2.38. The lowest BCUT2D eigenvalue weighted by Crippen LogP contribution is -2.26. The number of aromatic amines is 1. The quantitative estimate of drug-likeness (QED) is 0.907. The number of fused-ring (bicyclic) bond motifs is 1. The number of imidazole rings is 1. The number of halogens is 1. The molecule has 0 amide bonds. The SMILES string of the molecule is Clc1ccc2c(c1)C(NCCc1ncc[nH]1)CCS2. The highest BCUT2D eigenvalue weighted by Crippen LogP contribution is 2.37. The van der Waals surface area contributed by atoms with Crippen molar-refractivity contribution in [1.82, 2.24) is 15.3 Å². The Hall–Kier alpha value is -0.970. The van der Waals surface area contributed by atoms with Crippen LogP contribution >= 0.6 is 23.4 Å². The van der Waals surface area contributed by atoms with Gasteiger partial charge in [0.15, 0.2) is 0 Å². The maximum absolute atomic E-state index is 6.11. The molecule has 1 aliphatic rings. The zero-order valence-corrected chi connectivity index (χ0v) is 12.1. The fraction of sp³-hybridized carbons (Fsp3) is 0.357. The van der Waals surface area contributed by atoms with Gasteiger partial charge >= 0.3 is 0 Å². The minimum Gasteiger partial charge on any atom is -0.349 e. The standard InChI is InChI=1S/C14H16ClN3S/c15-10-1-2-13-11(9-10)12(4-8-19-13)16-5-3-14-17-6-7-18-14/h1-2,6-7,9,12,16H,3-5,8H2,(H,17,18). The predicted molar refractivity (Wildman–Crippen MR) is 79.8 cm³/mol. The summed E-state index contributed by atoms with van der Waals surface area (Å²) in [5, 5.41) is 4.43. The molecule has 0 saturated heterocycles. The molecule has 5 heteroatoms. The summed E-state index contributed by atoms with van der Waals surface area (Å²) in [4.78, 5) is 8.72. The van der Waals surface area contributed by atoms with Gasteiger partial charge in [0.05, 0.1) is 0 Å². The highest BCUT2D eigenvalue weighted by molar-refractivity contribution is 7.99. The molecule has 1 unspecified atom stereocenters. The molecule has 1 aromatic carbocycles. The topological polar surface area (TPSA) is 40.7 Å². The van der Waals surface area contributed by atoms with E-state index >= 15 is 0 Å². The monoisotopic (exact) mass is 293 g/mol. The summed E-state index contributed by atoms with van der Waals surface area (Å²) in [6.45, 7) is 0.925. The maximum Gasteiger partial charge on any atom is 0.107 e. The third kappa shape index (κ3) is 3.14. The third-order valence-electron chi connectivity index (χ3n) is 3.32. The van der Waals surface area contributed by atoms with E-state index < -0.39 is 0 Å². The van der Waals surface area contributed by atoms with Gasteiger partial charge in [0.1, 0.15) is 5.82 Å². The van der Waals surface area contributed by atoms with Gasteiger partial charge in [0.25, 0.3) is 0 Å². The Bertz CT molecular complexity index is 542.